The Balaban J connectivity index is 1.94. The van der Waals surface area contributed by atoms with Crippen molar-refractivity contribution in [1.82, 2.24) is 14.5 Å². The summed E-state index contributed by atoms with van der Waals surface area (Å²) in [7, 11) is 1.50. The number of hydrogen-bond donors (Lipinski definition) is 1. The Hall–Kier alpha value is -3.09. The normalized spacial score (nSPS) is 10.5. The van der Waals surface area contributed by atoms with Gasteiger partial charge in [0, 0.05) is 12.3 Å². The van der Waals surface area contributed by atoms with Crippen LogP contribution in [0.4, 0.5) is 10.2 Å². The lowest BCUT2D eigenvalue weighted by Crippen LogP contribution is -1.97. The average molecular weight is 300 g/mol. The van der Waals surface area contributed by atoms with E-state index in [2.05, 4.69) is 9.97 Å². The molecular weight excluding hydrogens is 287 g/mol. The van der Waals surface area contributed by atoms with Gasteiger partial charge in [0.2, 0.25) is 0 Å². The van der Waals surface area contributed by atoms with Gasteiger partial charge in [-0.25, -0.2) is 14.4 Å². The Labute approximate surface area is 126 Å². The van der Waals surface area contributed by atoms with Gasteiger partial charge < -0.3 is 19.8 Å². The van der Waals surface area contributed by atoms with E-state index in [9.17, 15) is 4.39 Å². The topological polar surface area (TPSA) is 75.2 Å². The van der Waals surface area contributed by atoms with Gasteiger partial charge in [-0.15, -0.1) is 0 Å². The van der Waals surface area contributed by atoms with Crippen LogP contribution in [0.5, 0.6) is 17.4 Å². The third-order valence-electron chi connectivity index (χ3n) is 2.98. The maximum atomic E-state index is 13.6. The molecule has 0 saturated heterocycles. The minimum Gasteiger partial charge on any atom is -0.493 e. The standard InChI is InChI=1S/C15H13FN4O2/c1-21-13-7-10(20-8-14(17)19-9-20)4-5-12(13)22-15-11(16)3-2-6-18-15/h2-9H,17H2,1H3. The number of nitrogens with zero attached hydrogens (tertiary/aromatic N) is 3. The smallest absolute Gasteiger partial charge is 0.255 e. The molecule has 2 aromatic heterocycles. The molecule has 112 valence electrons. The first-order valence-corrected chi connectivity index (χ1v) is 6.43. The van der Waals surface area contributed by atoms with E-state index in [1.165, 1.54) is 25.4 Å². The number of pyridine rings is 1. The van der Waals surface area contributed by atoms with Gasteiger partial charge in [0.1, 0.15) is 12.1 Å². The lowest BCUT2D eigenvalue weighted by atomic mass is 10.2. The van der Waals surface area contributed by atoms with Gasteiger partial charge in [-0.2, -0.15) is 0 Å². The summed E-state index contributed by atoms with van der Waals surface area (Å²) < 4.78 is 26.1. The number of hydrogen-bond acceptors (Lipinski definition) is 5. The van der Waals surface area contributed by atoms with Crippen LogP contribution >= 0.6 is 0 Å². The summed E-state index contributed by atoms with van der Waals surface area (Å²) in [5.41, 5.74) is 6.38. The first kappa shape index (κ1) is 13.9. The van der Waals surface area contributed by atoms with Crippen LogP contribution in [0.2, 0.25) is 0 Å². The first-order chi connectivity index (χ1) is 10.7. The minimum atomic E-state index is -0.545. The number of aromatic nitrogens is 3. The molecule has 1 aromatic carbocycles. The summed E-state index contributed by atoms with van der Waals surface area (Å²) >= 11 is 0. The van der Waals surface area contributed by atoms with E-state index < -0.39 is 5.82 Å². The van der Waals surface area contributed by atoms with E-state index in [1.807, 2.05) is 0 Å². The highest BCUT2D eigenvalue weighted by atomic mass is 19.1. The summed E-state index contributed by atoms with van der Waals surface area (Å²) in [6, 6.07) is 7.94. The second-order valence-electron chi connectivity index (χ2n) is 4.43. The SMILES string of the molecule is COc1cc(-n2cnc(N)c2)ccc1Oc1ncccc1F. The molecule has 22 heavy (non-hydrogen) atoms. The molecule has 6 nitrogen and oxygen atoms in total. The number of imidazole rings is 1. The van der Waals surface area contributed by atoms with E-state index in [1.54, 1.807) is 35.3 Å². The molecule has 0 fully saturated rings. The van der Waals surface area contributed by atoms with Gasteiger partial charge in [0.15, 0.2) is 17.3 Å². The zero-order valence-electron chi connectivity index (χ0n) is 11.7. The lowest BCUT2D eigenvalue weighted by Gasteiger charge is -2.12. The predicted octanol–water partition coefficient (Wildman–Crippen LogP) is 2.79. The number of benzene rings is 1. The highest BCUT2D eigenvalue weighted by molar-refractivity contribution is 5.50. The summed E-state index contributed by atoms with van der Waals surface area (Å²) in [5.74, 6) is 0.554. The Morgan fingerprint density at radius 2 is 2.05 bits per heavy atom. The van der Waals surface area contributed by atoms with Crippen molar-refractivity contribution >= 4 is 5.82 Å². The Kier molecular flexibility index (Phi) is 3.61. The van der Waals surface area contributed by atoms with Gasteiger partial charge in [0.25, 0.3) is 5.88 Å². The fourth-order valence-electron chi connectivity index (χ4n) is 1.93. The van der Waals surface area contributed by atoms with E-state index in [4.69, 9.17) is 15.2 Å². The molecule has 0 saturated carbocycles. The molecule has 0 aliphatic rings. The molecule has 2 heterocycles. The number of nitrogens with two attached hydrogens (primary N) is 1. The van der Waals surface area contributed by atoms with Gasteiger partial charge in [-0.3, -0.25) is 0 Å². The van der Waals surface area contributed by atoms with Crippen LogP contribution in [0.15, 0.2) is 49.1 Å². The van der Waals surface area contributed by atoms with Crippen molar-refractivity contribution in [2.45, 2.75) is 0 Å². The molecule has 7 heteroatoms. The molecule has 0 spiro atoms. The summed E-state index contributed by atoms with van der Waals surface area (Å²) in [4.78, 5) is 7.81. The van der Waals surface area contributed by atoms with Crippen molar-refractivity contribution in [3.8, 4) is 23.1 Å². The number of ether oxygens (including phenoxy) is 2. The predicted molar refractivity (Wildman–Crippen MR) is 78.8 cm³/mol. The van der Waals surface area contributed by atoms with E-state index >= 15 is 0 Å². The summed E-state index contributed by atoms with van der Waals surface area (Å²) in [6.45, 7) is 0. The van der Waals surface area contributed by atoms with Crippen molar-refractivity contribution < 1.29 is 13.9 Å². The number of methoxy groups -OCH3 is 1. The zero-order chi connectivity index (χ0) is 15.5. The molecule has 0 radical (unpaired) electrons. The Bertz CT molecular complexity index is 804. The molecule has 2 N–H and O–H groups in total. The summed E-state index contributed by atoms with van der Waals surface area (Å²) in [6.07, 6.45) is 4.71. The molecule has 0 bridgehead atoms. The third kappa shape index (κ3) is 2.69. The largest absolute Gasteiger partial charge is 0.493 e. The average Bonchev–Trinajstić information content (AvgIpc) is 2.96. The monoisotopic (exact) mass is 300 g/mol. The number of rotatable bonds is 4. The Morgan fingerprint density at radius 3 is 2.73 bits per heavy atom. The minimum absolute atomic E-state index is 0.111. The molecule has 3 rings (SSSR count). The van der Waals surface area contributed by atoms with Crippen LogP contribution in [0.1, 0.15) is 0 Å². The molecule has 0 atom stereocenters. The third-order valence-corrected chi connectivity index (χ3v) is 2.98. The van der Waals surface area contributed by atoms with Gasteiger partial charge in [0.05, 0.1) is 19.0 Å². The second-order valence-corrected chi connectivity index (χ2v) is 4.43. The van der Waals surface area contributed by atoms with Crippen LogP contribution < -0.4 is 15.2 Å². The van der Waals surface area contributed by atoms with Gasteiger partial charge in [-0.05, 0) is 24.3 Å². The van der Waals surface area contributed by atoms with Crippen LogP contribution in [0, 0.1) is 5.82 Å². The van der Waals surface area contributed by atoms with Crippen molar-refractivity contribution in [2.75, 3.05) is 12.8 Å². The van der Waals surface area contributed by atoms with E-state index in [0.717, 1.165) is 5.69 Å². The molecule has 3 aromatic rings. The van der Waals surface area contributed by atoms with Crippen molar-refractivity contribution in [3.05, 3.63) is 54.9 Å². The van der Waals surface area contributed by atoms with Crippen molar-refractivity contribution in [2.24, 2.45) is 0 Å². The molecule has 0 unspecified atom stereocenters. The summed E-state index contributed by atoms with van der Waals surface area (Å²) in [5, 5.41) is 0. The first-order valence-electron chi connectivity index (χ1n) is 6.43. The van der Waals surface area contributed by atoms with Gasteiger partial charge in [-0.1, -0.05) is 0 Å². The maximum absolute atomic E-state index is 13.6. The quantitative estimate of drug-likeness (QED) is 0.802. The molecule has 0 aliphatic carbocycles. The zero-order valence-corrected chi connectivity index (χ0v) is 11.7. The highest BCUT2D eigenvalue weighted by Crippen LogP contribution is 2.33. The Morgan fingerprint density at radius 1 is 1.18 bits per heavy atom. The van der Waals surface area contributed by atoms with Crippen LogP contribution in [0.3, 0.4) is 0 Å². The fraction of sp³-hybridized carbons (Fsp3) is 0.0667. The van der Waals surface area contributed by atoms with E-state index in [-0.39, 0.29) is 5.88 Å². The lowest BCUT2D eigenvalue weighted by molar-refractivity contribution is 0.364. The van der Waals surface area contributed by atoms with Crippen LogP contribution in [-0.2, 0) is 0 Å². The molecule has 0 amide bonds. The maximum Gasteiger partial charge on any atom is 0.255 e. The fourth-order valence-corrected chi connectivity index (χ4v) is 1.93. The second kappa shape index (κ2) is 5.72. The van der Waals surface area contributed by atoms with E-state index in [0.29, 0.717) is 17.3 Å². The van der Waals surface area contributed by atoms with Gasteiger partial charge >= 0.3 is 0 Å². The van der Waals surface area contributed by atoms with Crippen LogP contribution in [0.25, 0.3) is 5.69 Å². The highest BCUT2D eigenvalue weighted by Gasteiger charge is 2.11. The number of anilines is 1. The number of halogens is 1. The van der Waals surface area contributed by atoms with Crippen molar-refractivity contribution in [3.63, 3.8) is 0 Å². The molecule has 0 aliphatic heterocycles. The van der Waals surface area contributed by atoms with Crippen LogP contribution in [-0.4, -0.2) is 21.6 Å². The molecular formula is C15H13FN4O2. The number of nitrogen functional groups attached to an aromatic ring is 1. The van der Waals surface area contributed by atoms with Crippen molar-refractivity contribution in [1.29, 1.82) is 0 Å².